The van der Waals surface area contributed by atoms with Gasteiger partial charge >= 0.3 is 0 Å². The summed E-state index contributed by atoms with van der Waals surface area (Å²) in [6.45, 7) is 5.91. The molecule has 0 unspecified atom stereocenters. The molecule has 0 heterocycles. The van der Waals surface area contributed by atoms with E-state index in [4.69, 9.17) is 16.7 Å². The Labute approximate surface area is 135 Å². The summed E-state index contributed by atoms with van der Waals surface area (Å²) in [5.74, 6) is -0.199. The lowest BCUT2D eigenvalue weighted by molar-refractivity contribution is -0.117. The van der Waals surface area contributed by atoms with Crippen molar-refractivity contribution in [2.45, 2.75) is 20.8 Å². The molecule has 0 saturated heterocycles. The number of hydrogen-bond acceptors (Lipinski definition) is 2. The zero-order valence-corrected chi connectivity index (χ0v) is 13.8. The fraction of sp³-hybridized carbons (Fsp3) is 0.278. The molecule has 0 spiro atoms. The molecule has 3 nitrogen and oxygen atoms in total. The molecule has 2 N–H and O–H groups in total. The molecule has 0 atom stereocenters. The Morgan fingerprint density at radius 3 is 2.41 bits per heavy atom. The van der Waals surface area contributed by atoms with Crippen LogP contribution in [0.15, 0.2) is 29.8 Å². The molecule has 22 heavy (non-hydrogen) atoms. The van der Waals surface area contributed by atoms with E-state index in [0.29, 0.717) is 10.6 Å². The maximum atomic E-state index is 11.9. The summed E-state index contributed by atoms with van der Waals surface area (Å²) >= 11 is 6.51. The first kappa shape index (κ1) is 16.5. The molecule has 0 aliphatic carbocycles. The van der Waals surface area contributed by atoms with Gasteiger partial charge in [0.05, 0.1) is 11.6 Å². The number of aliphatic hydroxyl groups is 1. The summed E-state index contributed by atoms with van der Waals surface area (Å²) in [6.07, 6.45) is 1.81. The molecule has 2 aromatic rings. The number of hydrogen-bond donors (Lipinski definition) is 2. The van der Waals surface area contributed by atoms with Crippen LogP contribution in [0.1, 0.15) is 23.6 Å². The summed E-state index contributed by atoms with van der Waals surface area (Å²) in [5.41, 5.74) is 3.50. The lowest BCUT2D eigenvalue weighted by atomic mass is 9.94. The number of carbonyl (C=O) groups excluding carboxylic acids is 1. The van der Waals surface area contributed by atoms with Crippen molar-refractivity contribution >= 4 is 34.4 Å². The average Bonchev–Trinajstić information content (AvgIpc) is 2.54. The van der Waals surface area contributed by atoms with Crippen LogP contribution in [-0.4, -0.2) is 24.2 Å². The van der Waals surface area contributed by atoms with Gasteiger partial charge in [-0.05, 0) is 54.3 Å². The van der Waals surface area contributed by atoms with E-state index in [9.17, 15) is 4.79 Å². The molecule has 0 bridgehead atoms. The molecule has 0 fully saturated rings. The summed E-state index contributed by atoms with van der Waals surface area (Å²) < 4.78 is 0. The van der Waals surface area contributed by atoms with Crippen molar-refractivity contribution in [1.29, 1.82) is 0 Å². The van der Waals surface area contributed by atoms with Crippen molar-refractivity contribution < 1.29 is 9.90 Å². The second-order valence-electron chi connectivity index (χ2n) is 5.33. The number of aliphatic hydroxyl groups excluding tert-OH is 1. The van der Waals surface area contributed by atoms with Crippen LogP contribution in [0.3, 0.4) is 0 Å². The van der Waals surface area contributed by atoms with Gasteiger partial charge in [-0.3, -0.25) is 4.79 Å². The number of halogens is 1. The fourth-order valence-corrected chi connectivity index (χ4v) is 2.83. The van der Waals surface area contributed by atoms with Crippen LogP contribution in [0.2, 0.25) is 5.02 Å². The zero-order valence-electron chi connectivity index (χ0n) is 13.0. The molecule has 2 aromatic carbocycles. The van der Waals surface area contributed by atoms with E-state index in [1.54, 1.807) is 6.92 Å². The van der Waals surface area contributed by atoms with E-state index in [0.717, 1.165) is 27.5 Å². The largest absolute Gasteiger partial charge is 0.395 e. The van der Waals surface area contributed by atoms with Gasteiger partial charge in [-0.25, -0.2) is 0 Å². The fourth-order valence-electron chi connectivity index (χ4n) is 2.53. The minimum Gasteiger partial charge on any atom is -0.395 e. The number of nitrogens with one attached hydrogen (secondary N) is 1. The first-order valence-electron chi connectivity index (χ1n) is 7.22. The van der Waals surface area contributed by atoms with Crippen LogP contribution in [0.5, 0.6) is 0 Å². The molecule has 116 valence electrons. The molecule has 0 aromatic heterocycles. The minimum absolute atomic E-state index is 0.0755. The number of aryl methyl sites for hydroxylation is 2. The smallest absolute Gasteiger partial charge is 0.247 e. The van der Waals surface area contributed by atoms with Crippen LogP contribution in [-0.2, 0) is 4.79 Å². The van der Waals surface area contributed by atoms with Crippen LogP contribution in [0, 0.1) is 13.8 Å². The Morgan fingerprint density at radius 2 is 1.82 bits per heavy atom. The van der Waals surface area contributed by atoms with E-state index < -0.39 is 0 Å². The SMILES string of the molecule is C/C(=C\c1c(Cl)c(C)c2ccccc2c1C)C(=O)NCCO. The van der Waals surface area contributed by atoms with Crippen molar-refractivity contribution in [3.63, 3.8) is 0 Å². The van der Waals surface area contributed by atoms with Gasteiger partial charge in [0.2, 0.25) is 5.91 Å². The summed E-state index contributed by atoms with van der Waals surface area (Å²) in [6, 6.07) is 8.11. The first-order chi connectivity index (χ1) is 10.5. The maximum absolute atomic E-state index is 11.9. The van der Waals surface area contributed by atoms with E-state index >= 15 is 0 Å². The molecular weight excluding hydrogens is 298 g/mol. The van der Waals surface area contributed by atoms with Crippen LogP contribution >= 0.6 is 11.6 Å². The lowest BCUT2D eigenvalue weighted by Gasteiger charge is -2.14. The summed E-state index contributed by atoms with van der Waals surface area (Å²) in [4.78, 5) is 11.9. The topological polar surface area (TPSA) is 49.3 Å². The van der Waals surface area contributed by atoms with Gasteiger partial charge in [-0.2, -0.15) is 0 Å². The van der Waals surface area contributed by atoms with Crippen LogP contribution < -0.4 is 5.32 Å². The molecule has 0 aliphatic rings. The second-order valence-corrected chi connectivity index (χ2v) is 5.71. The number of rotatable bonds is 4. The number of amides is 1. The highest BCUT2D eigenvalue weighted by Crippen LogP contribution is 2.34. The van der Waals surface area contributed by atoms with Crippen molar-refractivity contribution in [2.24, 2.45) is 0 Å². The Bertz CT molecular complexity index is 750. The standard InChI is InChI=1S/C18H20ClNO2/c1-11(18(22)20-8-9-21)10-16-12(2)14-6-4-5-7-15(14)13(3)17(16)19/h4-7,10,21H,8-9H2,1-3H3,(H,20,22)/b11-10+. The minimum atomic E-state index is -0.199. The average molecular weight is 318 g/mol. The molecule has 0 saturated carbocycles. The van der Waals surface area contributed by atoms with Crippen molar-refractivity contribution in [3.05, 3.63) is 51.6 Å². The predicted molar refractivity (Wildman–Crippen MR) is 92.2 cm³/mol. The Kier molecular flexibility index (Phi) is 5.22. The lowest BCUT2D eigenvalue weighted by Crippen LogP contribution is -2.26. The number of benzene rings is 2. The van der Waals surface area contributed by atoms with E-state index in [1.165, 1.54) is 0 Å². The highest BCUT2D eigenvalue weighted by atomic mass is 35.5. The second kappa shape index (κ2) is 6.95. The molecule has 0 aliphatic heterocycles. The highest BCUT2D eigenvalue weighted by Gasteiger charge is 2.13. The maximum Gasteiger partial charge on any atom is 0.247 e. The third-order valence-electron chi connectivity index (χ3n) is 3.82. The summed E-state index contributed by atoms with van der Waals surface area (Å²) in [5, 5.41) is 14.4. The highest BCUT2D eigenvalue weighted by molar-refractivity contribution is 6.34. The van der Waals surface area contributed by atoms with Gasteiger partial charge in [0.15, 0.2) is 0 Å². The number of carbonyl (C=O) groups is 1. The van der Waals surface area contributed by atoms with Gasteiger partial charge in [-0.1, -0.05) is 35.9 Å². The Balaban J connectivity index is 2.54. The quantitative estimate of drug-likeness (QED) is 0.846. The van der Waals surface area contributed by atoms with Gasteiger partial charge in [0, 0.05) is 12.1 Å². The van der Waals surface area contributed by atoms with E-state index in [-0.39, 0.29) is 19.1 Å². The monoisotopic (exact) mass is 317 g/mol. The molecule has 1 amide bonds. The van der Waals surface area contributed by atoms with Crippen LogP contribution in [0.4, 0.5) is 0 Å². The first-order valence-corrected chi connectivity index (χ1v) is 7.60. The van der Waals surface area contributed by atoms with Crippen LogP contribution in [0.25, 0.3) is 16.8 Å². The third kappa shape index (κ3) is 3.16. The molecule has 0 radical (unpaired) electrons. The zero-order chi connectivity index (χ0) is 16.3. The van der Waals surface area contributed by atoms with Gasteiger partial charge in [0.1, 0.15) is 0 Å². The van der Waals surface area contributed by atoms with E-state index in [2.05, 4.69) is 17.4 Å². The van der Waals surface area contributed by atoms with Crippen molar-refractivity contribution in [1.82, 2.24) is 5.32 Å². The normalized spacial score (nSPS) is 11.8. The number of fused-ring (bicyclic) bond motifs is 1. The Morgan fingerprint density at radius 1 is 1.23 bits per heavy atom. The Hall–Kier alpha value is -1.84. The van der Waals surface area contributed by atoms with Gasteiger partial charge in [-0.15, -0.1) is 0 Å². The van der Waals surface area contributed by atoms with Crippen molar-refractivity contribution in [2.75, 3.05) is 13.2 Å². The van der Waals surface area contributed by atoms with Gasteiger partial charge < -0.3 is 10.4 Å². The third-order valence-corrected chi connectivity index (χ3v) is 4.31. The molecular formula is C18H20ClNO2. The molecule has 2 rings (SSSR count). The van der Waals surface area contributed by atoms with Gasteiger partial charge in [0.25, 0.3) is 0 Å². The van der Waals surface area contributed by atoms with Crippen molar-refractivity contribution in [3.8, 4) is 0 Å². The summed E-state index contributed by atoms with van der Waals surface area (Å²) in [7, 11) is 0. The molecule has 4 heteroatoms. The predicted octanol–water partition coefficient (Wildman–Crippen LogP) is 3.62. The van der Waals surface area contributed by atoms with E-state index in [1.807, 2.05) is 32.1 Å².